The van der Waals surface area contributed by atoms with Crippen molar-refractivity contribution in [2.24, 2.45) is 11.1 Å². The minimum absolute atomic E-state index is 0.106. The van der Waals surface area contributed by atoms with E-state index in [2.05, 4.69) is 0 Å². The molecule has 1 aromatic rings. The van der Waals surface area contributed by atoms with Gasteiger partial charge in [0.25, 0.3) is 0 Å². The maximum atomic E-state index is 12.6. The lowest BCUT2D eigenvalue weighted by Crippen LogP contribution is -2.44. The fourth-order valence-corrected chi connectivity index (χ4v) is 2.27. The summed E-state index contributed by atoms with van der Waals surface area (Å²) in [6.07, 6.45) is -2.19. The van der Waals surface area contributed by atoms with Crippen molar-refractivity contribution in [2.45, 2.75) is 25.4 Å². The number of nitrogens with two attached hydrogens (primary N) is 1. The van der Waals surface area contributed by atoms with E-state index in [1.54, 1.807) is 0 Å². The van der Waals surface area contributed by atoms with Crippen LogP contribution in [0.2, 0.25) is 0 Å². The quantitative estimate of drug-likeness (QED) is 0.846. The molecule has 2 N–H and O–H groups in total. The topological polar surface area (TPSA) is 43.1 Å². The lowest BCUT2D eigenvalue weighted by molar-refractivity contribution is -0.137. The van der Waals surface area contributed by atoms with Crippen LogP contribution in [-0.4, -0.2) is 12.3 Å². The minimum atomic E-state index is -4.42. The van der Waals surface area contributed by atoms with Gasteiger partial charge in [0.15, 0.2) is 5.78 Å². The molecule has 0 spiro atoms. The summed E-state index contributed by atoms with van der Waals surface area (Å²) in [7, 11) is 0. The smallest absolute Gasteiger partial charge is 0.329 e. The van der Waals surface area contributed by atoms with Crippen molar-refractivity contribution in [1.29, 1.82) is 0 Å². The van der Waals surface area contributed by atoms with Gasteiger partial charge in [0.05, 0.1) is 5.56 Å². The molecular weight excluding hydrogens is 243 g/mol. The first-order valence-electron chi connectivity index (χ1n) is 5.81. The number of hydrogen-bond acceptors (Lipinski definition) is 2. The van der Waals surface area contributed by atoms with Crippen LogP contribution in [0.1, 0.15) is 35.2 Å². The normalized spacial score (nSPS) is 18.2. The highest BCUT2D eigenvalue weighted by Gasteiger charge is 2.43. The van der Waals surface area contributed by atoms with Gasteiger partial charge in [-0.05, 0) is 25.0 Å². The van der Waals surface area contributed by atoms with Gasteiger partial charge in [-0.25, -0.2) is 0 Å². The van der Waals surface area contributed by atoms with E-state index in [0.717, 1.165) is 18.6 Å². The molecule has 0 saturated heterocycles. The first kappa shape index (κ1) is 13.1. The molecule has 0 bridgehead atoms. The predicted molar refractivity (Wildman–Crippen MR) is 61.1 cm³/mol. The van der Waals surface area contributed by atoms with Crippen molar-refractivity contribution >= 4 is 5.78 Å². The van der Waals surface area contributed by atoms with E-state index in [9.17, 15) is 18.0 Å². The molecule has 1 fully saturated rings. The summed E-state index contributed by atoms with van der Waals surface area (Å²) in [4.78, 5) is 12.2. The van der Waals surface area contributed by atoms with E-state index in [1.807, 2.05) is 0 Å². The molecule has 1 aliphatic rings. The second-order valence-electron chi connectivity index (χ2n) is 4.75. The van der Waals surface area contributed by atoms with Crippen molar-refractivity contribution in [3.05, 3.63) is 35.4 Å². The third-order valence-corrected chi connectivity index (χ3v) is 3.64. The van der Waals surface area contributed by atoms with Gasteiger partial charge >= 0.3 is 6.18 Å². The standard InChI is InChI=1S/C13H14F3NO/c14-13(15,16)10-4-1-3-9(7-10)11(18)12(8-17)5-2-6-12/h1,3-4,7H,2,5-6,8,17H2. The van der Waals surface area contributed by atoms with Crippen LogP contribution in [0.4, 0.5) is 13.2 Å². The summed E-state index contributed by atoms with van der Waals surface area (Å²) >= 11 is 0. The Morgan fingerprint density at radius 1 is 1.33 bits per heavy atom. The summed E-state index contributed by atoms with van der Waals surface area (Å²) in [6, 6.07) is 4.57. The van der Waals surface area contributed by atoms with Crippen LogP contribution in [0.3, 0.4) is 0 Å². The van der Waals surface area contributed by atoms with Crippen LogP contribution < -0.4 is 5.73 Å². The van der Waals surface area contributed by atoms with E-state index in [-0.39, 0.29) is 17.9 Å². The Morgan fingerprint density at radius 2 is 2.00 bits per heavy atom. The maximum absolute atomic E-state index is 12.6. The van der Waals surface area contributed by atoms with Gasteiger partial charge < -0.3 is 5.73 Å². The molecule has 0 aromatic heterocycles. The second kappa shape index (κ2) is 4.39. The van der Waals surface area contributed by atoms with E-state index >= 15 is 0 Å². The van der Waals surface area contributed by atoms with Crippen molar-refractivity contribution in [2.75, 3.05) is 6.54 Å². The molecule has 1 saturated carbocycles. The monoisotopic (exact) mass is 257 g/mol. The first-order valence-corrected chi connectivity index (χ1v) is 5.81. The molecule has 18 heavy (non-hydrogen) atoms. The molecule has 1 aromatic carbocycles. The Morgan fingerprint density at radius 3 is 2.44 bits per heavy atom. The van der Waals surface area contributed by atoms with Gasteiger partial charge in [-0.3, -0.25) is 4.79 Å². The SMILES string of the molecule is NCC1(C(=O)c2cccc(C(F)(F)F)c2)CCC1. The number of halogens is 3. The summed E-state index contributed by atoms with van der Waals surface area (Å²) < 4.78 is 37.7. The van der Waals surface area contributed by atoms with Gasteiger partial charge in [-0.2, -0.15) is 13.2 Å². The lowest BCUT2D eigenvalue weighted by atomic mass is 9.64. The molecule has 5 heteroatoms. The van der Waals surface area contributed by atoms with Gasteiger partial charge in [-0.15, -0.1) is 0 Å². The van der Waals surface area contributed by atoms with Crippen LogP contribution in [0.25, 0.3) is 0 Å². The minimum Gasteiger partial charge on any atom is -0.329 e. The van der Waals surface area contributed by atoms with Crippen LogP contribution in [-0.2, 0) is 6.18 Å². The molecule has 0 amide bonds. The number of Topliss-reactive ketones (excluding diaryl/α,β-unsaturated/α-hetero) is 1. The Kier molecular flexibility index (Phi) is 3.19. The van der Waals surface area contributed by atoms with Gasteiger partial charge in [0.2, 0.25) is 0 Å². The molecule has 0 radical (unpaired) electrons. The Hall–Kier alpha value is -1.36. The van der Waals surface area contributed by atoms with Crippen LogP contribution in [0.15, 0.2) is 24.3 Å². The first-order chi connectivity index (χ1) is 8.39. The van der Waals surface area contributed by atoms with Crippen molar-refractivity contribution in [3.8, 4) is 0 Å². The molecule has 0 aliphatic heterocycles. The van der Waals surface area contributed by atoms with Crippen molar-refractivity contribution in [3.63, 3.8) is 0 Å². The van der Waals surface area contributed by atoms with E-state index in [1.165, 1.54) is 12.1 Å². The maximum Gasteiger partial charge on any atom is 0.416 e. The number of rotatable bonds is 3. The average Bonchev–Trinajstić information content (AvgIpc) is 2.27. The Balaban J connectivity index is 2.32. The fraction of sp³-hybridized carbons (Fsp3) is 0.462. The summed E-state index contributed by atoms with van der Waals surface area (Å²) in [5.74, 6) is -0.262. The molecule has 0 heterocycles. The zero-order chi connectivity index (χ0) is 13.4. The van der Waals surface area contributed by atoms with E-state index in [0.29, 0.717) is 12.8 Å². The third-order valence-electron chi connectivity index (χ3n) is 3.64. The molecule has 1 aliphatic carbocycles. The molecule has 2 rings (SSSR count). The molecule has 0 unspecified atom stereocenters. The van der Waals surface area contributed by atoms with Crippen molar-refractivity contribution < 1.29 is 18.0 Å². The van der Waals surface area contributed by atoms with Crippen LogP contribution >= 0.6 is 0 Å². The Bertz CT molecular complexity index is 458. The molecular formula is C13H14F3NO. The van der Waals surface area contributed by atoms with Crippen molar-refractivity contribution in [1.82, 2.24) is 0 Å². The zero-order valence-electron chi connectivity index (χ0n) is 9.76. The Labute approximate surface area is 103 Å². The lowest BCUT2D eigenvalue weighted by Gasteiger charge is -2.39. The van der Waals surface area contributed by atoms with Crippen LogP contribution in [0.5, 0.6) is 0 Å². The van der Waals surface area contributed by atoms with Crippen LogP contribution in [0, 0.1) is 5.41 Å². The zero-order valence-corrected chi connectivity index (χ0v) is 9.76. The number of carbonyl (C=O) groups is 1. The highest BCUT2D eigenvalue weighted by atomic mass is 19.4. The summed E-state index contributed by atoms with van der Waals surface area (Å²) in [5.41, 5.74) is 4.27. The third kappa shape index (κ3) is 2.14. The highest BCUT2D eigenvalue weighted by Crippen LogP contribution is 2.43. The van der Waals surface area contributed by atoms with Gasteiger partial charge in [-0.1, -0.05) is 18.6 Å². The molecule has 2 nitrogen and oxygen atoms in total. The molecule has 0 atom stereocenters. The molecule has 98 valence electrons. The summed E-state index contributed by atoms with van der Waals surface area (Å²) in [6.45, 7) is 0.197. The highest BCUT2D eigenvalue weighted by molar-refractivity contribution is 6.01. The fourth-order valence-electron chi connectivity index (χ4n) is 2.27. The number of benzene rings is 1. The second-order valence-corrected chi connectivity index (χ2v) is 4.75. The van der Waals surface area contributed by atoms with Gasteiger partial charge in [0.1, 0.15) is 0 Å². The number of alkyl halides is 3. The predicted octanol–water partition coefficient (Wildman–Crippen LogP) is 3.02. The largest absolute Gasteiger partial charge is 0.416 e. The van der Waals surface area contributed by atoms with E-state index in [4.69, 9.17) is 5.73 Å². The number of ketones is 1. The van der Waals surface area contributed by atoms with E-state index < -0.39 is 17.2 Å². The average molecular weight is 257 g/mol. The summed E-state index contributed by atoms with van der Waals surface area (Å²) in [5, 5.41) is 0. The van der Waals surface area contributed by atoms with Gasteiger partial charge in [0, 0.05) is 17.5 Å². The number of carbonyl (C=O) groups excluding carboxylic acids is 1. The number of hydrogen-bond donors (Lipinski definition) is 1.